The predicted octanol–water partition coefficient (Wildman–Crippen LogP) is 4.28. The number of rotatable bonds is 3. The van der Waals surface area contributed by atoms with E-state index in [1.165, 1.54) is 36.4 Å². The van der Waals surface area contributed by atoms with Gasteiger partial charge in [-0.25, -0.2) is 9.18 Å². The van der Waals surface area contributed by atoms with Crippen LogP contribution in [0.3, 0.4) is 0 Å². The molecule has 0 spiro atoms. The number of ether oxygens (including phenoxy) is 1. The SMILES string of the molecule is Cc1cc(F)ccc1Oc1ccc(Cl)cc1C(=O)O. The molecule has 0 aromatic heterocycles. The second-order valence-electron chi connectivity index (χ2n) is 3.96. The molecule has 0 heterocycles. The van der Waals surface area contributed by atoms with Crippen molar-refractivity contribution in [2.75, 3.05) is 0 Å². The highest BCUT2D eigenvalue weighted by Crippen LogP contribution is 2.30. The number of hydrogen-bond acceptors (Lipinski definition) is 2. The Bertz CT molecular complexity index is 641. The largest absolute Gasteiger partial charge is 0.478 e. The minimum atomic E-state index is -1.14. The molecule has 5 heteroatoms. The Morgan fingerprint density at radius 3 is 2.53 bits per heavy atom. The number of benzene rings is 2. The maximum Gasteiger partial charge on any atom is 0.339 e. The van der Waals surface area contributed by atoms with E-state index in [2.05, 4.69) is 0 Å². The van der Waals surface area contributed by atoms with Crippen LogP contribution >= 0.6 is 11.6 Å². The van der Waals surface area contributed by atoms with Gasteiger partial charge in [0.2, 0.25) is 0 Å². The van der Waals surface area contributed by atoms with Gasteiger partial charge in [-0.3, -0.25) is 0 Å². The van der Waals surface area contributed by atoms with Crippen LogP contribution in [-0.2, 0) is 0 Å². The molecule has 98 valence electrons. The van der Waals surface area contributed by atoms with E-state index in [1.54, 1.807) is 6.92 Å². The van der Waals surface area contributed by atoms with Gasteiger partial charge in [-0.2, -0.15) is 0 Å². The van der Waals surface area contributed by atoms with Gasteiger partial charge in [0.25, 0.3) is 0 Å². The van der Waals surface area contributed by atoms with Gasteiger partial charge in [-0.05, 0) is 48.9 Å². The molecule has 2 aromatic rings. The van der Waals surface area contributed by atoms with E-state index in [-0.39, 0.29) is 17.1 Å². The van der Waals surface area contributed by atoms with Crippen LogP contribution in [0, 0.1) is 12.7 Å². The van der Waals surface area contributed by atoms with Crippen molar-refractivity contribution in [2.24, 2.45) is 0 Å². The van der Waals surface area contributed by atoms with Crippen molar-refractivity contribution in [3.8, 4) is 11.5 Å². The summed E-state index contributed by atoms with van der Waals surface area (Å²) in [5, 5.41) is 9.39. The minimum absolute atomic E-state index is 0.0452. The summed E-state index contributed by atoms with van der Waals surface area (Å²) in [6, 6.07) is 8.31. The summed E-state index contributed by atoms with van der Waals surface area (Å²) >= 11 is 5.75. The molecule has 2 aromatic carbocycles. The molecule has 19 heavy (non-hydrogen) atoms. The summed E-state index contributed by atoms with van der Waals surface area (Å²) in [5.41, 5.74) is 0.530. The number of carboxylic acid groups (broad SMARTS) is 1. The van der Waals surface area contributed by atoms with Gasteiger partial charge >= 0.3 is 5.97 Å². The van der Waals surface area contributed by atoms with Crippen LogP contribution in [0.1, 0.15) is 15.9 Å². The molecule has 0 saturated carbocycles. The summed E-state index contributed by atoms with van der Waals surface area (Å²) in [6.45, 7) is 1.68. The lowest BCUT2D eigenvalue weighted by molar-refractivity contribution is 0.0694. The lowest BCUT2D eigenvalue weighted by Crippen LogP contribution is -2.00. The molecule has 0 bridgehead atoms. The standard InChI is InChI=1S/C14H10ClFO3/c1-8-6-10(16)3-5-12(8)19-13-4-2-9(15)7-11(13)14(17)18/h2-7H,1H3,(H,17,18). The molecule has 0 aliphatic rings. The fourth-order valence-corrected chi connectivity index (χ4v) is 1.78. The van der Waals surface area contributed by atoms with Gasteiger partial charge in [0.1, 0.15) is 22.9 Å². The van der Waals surface area contributed by atoms with Crippen LogP contribution in [-0.4, -0.2) is 11.1 Å². The first-order valence-electron chi connectivity index (χ1n) is 5.44. The van der Waals surface area contributed by atoms with Gasteiger partial charge in [0.05, 0.1) is 0 Å². The van der Waals surface area contributed by atoms with E-state index in [0.717, 1.165) is 0 Å². The van der Waals surface area contributed by atoms with Crippen molar-refractivity contribution in [3.63, 3.8) is 0 Å². The maximum atomic E-state index is 13.0. The number of aromatic carboxylic acids is 1. The smallest absolute Gasteiger partial charge is 0.339 e. The van der Waals surface area contributed by atoms with Gasteiger partial charge in [0.15, 0.2) is 0 Å². The second kappa shape index (κ2) is 5.28. The monoisotopic (exact) mass is 280 g/mol. The van der Waals surface area contributed by atoms with Crippen molar-refractivity contribution in [1.82, 2.24) is 0 Å². The number of carboxylic acids is 1. The van der Waals surface area contributed by atoms with Gasteiger partial charge in [-0.1, -0.05) is 11.6 Å². The quantitative estimate of drug-likeness (QED) is 0.913. The molecule has 0 radical (unpaired) electrons. The molecule has 1 N–H and O–H groups in total. The second-order valence-corrected chi connectivity index (χ2v) is 4.39. The molecular weight excluding hydrogens is 271 g/mol. The molecule has 2 rings (SSSR count). The zero-order valence-corrected chi connectivity index (χ0v) is 10.7. The number of carbonyl (C=O) groups is 1. The van der Waals surface area contributed by atoms with Gasteiger partial charge in [0, 0.05) is 5.02 Å². The van der Waals surface area contributed by atoms with E-state index in [0.29, 0.717) is 16.3 Å². The molecular formula is C14H10ClFO3. The number of hydrogen-bond donors (Lipinski definition) is 1. The van der Waals surface area contributed by atoms with Crippen molar-refractivity contribution >= 4 is 17.6 Å². The Labute approximate surface area is 114 Å². The average Bonchev–Trinajstić information content (AvgIpc) is 2.34. The Morgan fingerprint density at radius 1 is 1.21 bits per heavy atom. The van der Waals surface area contributed by atoms with Gasteiger partial charge < -0.3 is 9.84 Å². The van der Waals surface area contributed by atoms with Crippen LogP contribution in [0.25, 0.3) is 0 Å². The Morgan fingerprint density at radius 2 is 1.89 bits per heavy atom. The van der Waals surface area contributed by atoms with Crippen molar-refractivity contribution < 1.29 is 19.0 Å². The first-order chi connectivity index (χ1) is 8.97. The zero-order chi connectivity index (χ0) is 14.0. The Balaban J connectivity index is 2.40. The lowest BCUT2D eigenvalue weighted by Gasteiger charge is -2.11. The third-order valence-electron chi connectivity index (χ3n) is 2.53. The zero-order valence-electron chi connectivity index (χ0n) is 9.98. The highest BCUT2D eigenvalue weighted by molar-refractivity contribution is 6.31. The molecule has 0 amide bonds. The summed E-state index contributed by atoms with van der Waals surface area (Å²) in [7, 11) is 0. The van der Waals surface area contributed by atoms with Crippen molar-refractivity contribution in [2.45, 2.75) is 6.92 Å². The normalized spacial score (nSPS) is 10.3. The summed E-state index contributed by atoms with van der Waals surface area (Å²) < 4.78 is 18.5. The minimum Gasteiger partial charge on any atom is -0.478 e. The predicted molar refractivity (Wildman–Crippen MR) is 69.6 cm³/mol. The van der Waals surface area contributed by atoms with Crippen LogP contribution in [0.15, 0.2) is 36.4 Å². The number of halogens is 2. The molecule has 0 saturated heterocycles. The van der Waals surface area contributed by atoms with E-state index in [4.69, 9.17) is 21.4 Å². The topological polar surface area (TPSA) is 46.5 Å². The fourth-order valence-electron chi connectivity index (χ4n) is 1.60. The molecule has 3 nitrogen and oxygen atoms in total. The molecule has 0 aliphatic carbocycles. The Hall–Kier alpha value is -2.07. The van der Waals surface area contributed by atoms with Gasteiger partial charge in [-0.15, -0.1) is 0 Å². The highest BCUT2D eigenvalue weighted by atomic mass is 35.5. The van der Waals surface area contributed by atoms with E-state index in [1.807, 2.05) is 0 Å². The summed E-state index contributed by atoms with van der Waals surface area (Å²) in [5.74, 6) is -0.963. The van der Waals surface area contributed by atoms with Crippen LogP contribution in [0.5, 0.6) is 11.5 Å². The van der Waals surface area contributed by atoms with Crippen molar-refractivity contribution in [3.05, 3.63) is 58.4 Å². The molecule has 0 atom stereocenters. The van der Waals surface area contributed by atoms with Crippen LogP contribution in [0.2, 0.25) is 5.02 Å². The van der Waals surface area contributed by atoms with Crippen LogP contribution < -0.4 is 4.74 Å². The van der Waals surface area contributed by atoms with E-state index >= 15 is 0 Å². The third-order valence-corrected chi connectivity index (χ3v) is 2.76. The van der Waals surface area contributed by atoms with E-state index < -0.39 is 5.97 Å². The molecule has 0 unspecified atom stereocenters. The average molecular weight is 281 g/mol. The first-order valence-corrected chi connectivity index (χ1v) is 5.82. The highest BCUT2D eigenvalue weighted by Gasteiger charge is 2.13. The fraction of sp³-hybridized carbons (Fsp3) is 0.0714. The molecule has 0 fully saturated rings. The lowest BCUT2D eigenvalue weighted by atomic mass is 10.2. The molecule has 0 aliphatic heterocycles. The first kappa shape index (κ1) is 13.4. The Kier molecular flexibility index (Phi) is 3.71. The third kappa shape index (κ3) is 3.03. The summed E-state index contributed by atoms with van der Waals surface area (Å²) in [6.07, 6.45) is 0. The van der Waals surface area contributed by atoms with Crippen molar-refractivity contribution in [1.29, 1.82) is 0 Å². The maximum absolute atomic E-state index is 13.0. The summed E-state index contributed by atoms with van der Waals surface area (Å²) in [4.78, 5) is 11.1. The van der Waals surface area contributed by atoms with Crippen LogP contribution in [0.4, 0.5) is 4.39 Å². The van der Waals surface area contributed by atoms with E-state index in [9.17, 15) is 9.18 Å². The number of aryl methyl sites for hydroxylation is 1.